The van der Waals surface area contributed by atoms with Crippen LogP contribution in [-0.4, -0.2) is 4.98 Å². The molecule has 0 saturated carbocycles. The second-order valence-corrected chi connectivity index (χ2v) is 6.21. The van der Waals surface area contributed by atoms with Gasteiger partial charge in [-0.3, -0.25) is 0 Å². The molecule has 4 heteroatoms. The molecular formula is C18H19ClN2S. The highest BCUT2D eigenvalue weighted by molar-refractivity contribution is 7.14. The maximum Gasteiger partial charge on any atom is 0.187 e. The largest absolute Gasteiger partial charge is 0.332 e. The molecule has 1 aromatic heterocycles. The van der Waals surface area contributed by atoms with Gasteiger partial charge in [0.1, 0.15) is 0 Å². The van der Waals surface area contributed by atoms with Gasteiger partial charge in [0.25, 0.3) is 0 Å². The molecule has 3 rings (SSSR count). The summed E-state index contributed by atoms with van der Waals surface area (Å²) in [6.07, 6.45) is 0. The van der Waals surface area contributed by atoms with Gasteiger partial charge in [-0.1, -0.05) is 35.9 Å². The second kappa shape index (κ2) is 6.95. The first kappa shape index (κ1) is 16.5. The van der Waals surface area contributed by atoms with Crippen molar-refractivity contribution < 1.29 is 0 Å². The van der Waals surface area contributed by atoms with Gasteiger partial charge < -0.3 is 5.32 Å². The number of hydrogen-bond acceptors (Lipinski definition) is 3. The van der Waals surface area contributed by atoms with E-state index in [0.29, 0.717) is 0 Å². The Morgan fingerprint density at radius 3 is 2.45 bits per heavy atom. The van der Waals surface area contributed by atoms with E-state index in [-0.39, 0.29) is 12.4 Å². The Morgan fingerprint density at radius 2 is 1.73 bits per heavy atom. The molecule has 2 aromatic carbocycles. The molecule has 0 spiro atoms. The first-order valence-corrected chi connectivity index (χ1v) is 7.86. The van der Waals surface area contributed by atoms with Gasteiger partial charge in [0.2, 0.25) is 0 Å². The molecule has 0 bridgehead atoms. The minimum Gasteiger partial charge on any atom is -0.332 e. The minimum atomic E-state index is 0. The Labute approximate surface area is 141 Å². The summed E-state index contributed by atoms with van der Waals surface area (Å²) in [4.78, 5) is 4.70. The van der Waals surface area contributed by atoms with Gasteiger partial charge in [-0.05, 0) is 44.0 Å². The normalized spacial score (nSPS) is 10.1. The molecule has 2 nitrogen and oxygen atoms in total. The van der Waals surface area contributed by atoms with Crippen molar-refractivity contribution in [1.29, 1.82) is 0 Å². The molecule has 0 unspecified atom stereocenters. The van der Waals surface area contributed by atoms with Gasteiger partial charge in [-0.25, -0.2) is 4.98 Å². The maximum absolute atomic E-state index is 4.70. The van der Waals surface area contributed by atoms with Crippen molar-refractivity contribution >= 4 is 34.6 Å². The molecule has 1 N–H and O–H groups in total. The summed E-state index contributed by atoms with van der Waals surface area (Å²) in [6, 6.07) is 14.8. The fourth-order valence-electron chi connectivity index (χ4n) is 2.40. The lowest BCUT2D eigenvalue weighted by atomic mass is 10.0. The fraction of sp³-hybridized carbons (Fsp3) is 0.167. The molecule has 114 valence electrons. The van der Waals surface area contributed by atoms with Crippen LogP contribution in [0.4, 0.5) is 10.8 Å². The summed E-state index contributed by atoms with van der Waals surface area (Å²) in [7, 11) is 0. The average molecular weight is 331 g/mol. The fourth-order valence-corrected chi connectivity index (χ4v) is 3.13. The molecule has 0 saturated heterocycles. The van der Waals surface area contributed by atoms with Crippen LogP contribution in [0.15, 0.2) is 47.8 Å². The van der Waals surface area contributed by atoms with Crippen LogP contribution >= 0.6 is 23.7 Å². The lowest BCUT2D eigenvalue weighted by Crippen LogP contribution is -1.90. The van der Waals surface area contributed by atoms with Gasteiger partial charge in [0, 0.05) is 16.6 Å². The molecule has 0 radical (unpaired) electrons. The summed E-state index contributed by atoms with van der Waals surface area (Å²) < 4.78 is 0. The number of rotatable bonds is 3. The van der Waals surface area contributed by atoms with Crippen LogP contribution in [-0.2, 0) is 0 Å². The third kappa shape index (κ3) is 3.67. The van der Waals surface area contributed by atoms with E-state index >= 15 is 0 Å². The molecular weight excluding hydrogens is 312 g/mol. The predicted octanol–water partition coefficient (Wildman–Crippen LogP) is 5.90. The third-order valence-corrected chi connectivity index (χ3v) is 4.19. The highest BCUT2D eigenvalue weighted by atomic mass is 35.5. The highest BCUT2D eigenvalue weighted by Gasteiger charge is 2.07. The van der Waals surface area contributed by atoms with E-state index in [1.165, 1.54) is 22.3 Å². The van der Waals surface area contributed by atoms with Gasteiger partial charge in [-0.15, -0.1) is 23.7 Å². The van der Waals surface area contributed by atoms with E-state index < -0.39 is 0 Å². The van der Waals surface area contributed by atoms with Crippen LogP contribution in [0.1, 0.15) is 16.7 Å². The zero-order valence-electron chi connectivity index (χ0n) is 12.9. The van der Waals surface area contributed by atoms with Crippen LogP contribution in [0.3, 0.4) is 0 Å². The SMILES string of the molecule is Cc1cccc(Nc2nc(-c3ccc(C)cc3C)cs2)c1.Cl. The van der Waals surface area contributed by atoms with Crippen LogP contribution in [0.2, 0.25) is 0 Å². The zero-order valence-corrected chi connectivity index (χ0v) is 14.5. The number of nitrogens with one attached hydrogen (secondary N) is 1. The molecule has 0 aliphatic rings. The molecule has 0 aliphatic carbocycles. The van der Waals surface area contributed by atoms with Crippen LogP contribution < -0.4 is 5.32 Å². The maximum atomic E-state index is 4.70. The predicted molar refractivity (Wildman–Crippen MR) is 98.7 cm³/mol. The van der Waals surface area contributed by atoms with E-state index in [4.69, 9.17) is 4.98 Å². The summed E-state index contributed by atoms with van der Waals surface area (Å²) in [5.74, 6) is 0. The monoisotopic (exact) mass is 330 g/mol. The van der Waals surface area contributed by atoms with Crippen molar-refractivity contribution in [3.8, 4) is 11.3 Å². The van der Waals surface area contributed by atoms with E-state index in [2.05, 4.69) is 73.9 Å². The number of nitrogens with zero attached hydrogens (tertiary/aromatic N) is 1. The summed E-state index contributed by atoms with van der Waals surface area (Å²) >= 11 is 1.64. The summed E-state index contributed by atoms with van der Waals surface area (Å²) in [5.41, 5.74) is 7.11. The van der Waals surface area contributed by atoms with Crippen molar-refractivity contribution in [3.05, 3.63) is 64.5 Å². The quantitative estimate of drug-likeness (QED) is 0.646. The Balaban J connectivity index is 0.00000176. The average Bonchev–Trinajstić information content (AvgIpc) is 2.87. The molecule has 22 heavy (non-hydrogen) atoms. The Hall–Kier alpha value is -1.84. The lowest BCUT2D eigenvalue weighted by molar-refractivity contribution is 1.33. The van der Waals surface area contributed by atoms with Crippen LogP contribution in [0, 0.1) is 20.8 Å². The minimum absolute atomic E-state index is 0. The van der Waals surface area contributed by atoms with E-state index in [1.807, 2.05) is 0 Å². The standard InChI is InChI=1S/C18H18N2S.ClH/c1-12-5-4-6-15(10-12)19-18-20-17(11-21-18)16-8-7-13(2)9-14(16)3;/h4-11H,1-3H3,(H,19,20);1H. The number of thiazole rings is 1. The molecule has 0 aliphatic heterocycles. The second-order valence-electron chi connectivity index (χ2n) is 5.35. The zero-order chi connectivity index (χ0) is 14.8. The molecule has 3 aromatic rings. The summed E-state index contributed by atoms with van der Waals surface area (Å²) in [5, 5.41) is 6.41. The Morgan fingerprint density at radius 1 is 0.955 bits per heavy atom. The molecule has 0 amide bonds. The molecule has 1 heterocycles. The first-order chi connectivity index (χ1) is 10.1. The van der Waals surface area contributed by atoms with E-state index in [1.54, 1.807) is 11.3 Å². The van der Waals surface area contributed by atoms with Gasteiger partial charge >= 0.3 is 0 Å². The molecule has 0 atom stereocenters. The smallest absolute Gasteiger partial charge is 0.187 e. The Kier molecular flexibility index (Phi) is 5.22. The van der Waals surface area contributed by atoms with Crippen molar-refractivity contribution in [2.24, 2.45) is 0 Å². The van der Waals surface area contributed by atoms with Crippen molar-refractivity contribution in [1.82, 2.24) is 4.98 Å². The summed E-state index contributed by atoms with van der Waals surface area (Å²) in [6.45, 7) is 6.34. The van der Waals surface area contributed by atoms with Crippen LogP contribution in [0.25, 0.3) is 11.3 Å². The first-order valence-electron chi connectivity index (χ1n) is 6.99. The topological polar surface area (TPSA) is 24.9 Å². The number of aromatic nitrogens is 1. The van der Waals surface area contributed by atoms with Crippen molar-refractivity contribution in [3.63, 3.8) is 0 Å². The van der Waals surface area contributed by atoms with Gasteiger partial charge in [0.05, 0.1) is 5.69 Å². The van der Waals surface area contributed by atoms with E-state index in [0.717, 1.165) is 16.5 Å². The van der Waals surface area contributed by atoms with E-state index in [9.17, 15) is 0 Å². The molecule has 0 fully saturated rings. The lowest BCUT2D eigenvalue weighted by Gasteiger charge is -2.04. The number of anilines is 2. The van der Waals surface area contributed by atoms with Crippen molar-refractivity contribution in [2.45, 2.75) is 20.8 Å². The van der Waals surface area contributed by atoms with Crippen molar-refractivity contribution in [2.75, 3.05) is 5.32 Å². The van der Waals surface area contributed by atoms with Gasteiger partial charge in [-0.2, -0.15) is 0 Å². The third-order valence-electron chi connectivity index (χ3n) is 3.43. The van der Waals surface area contributed by atoms with Gasteiger partial charge in [0.15, 0.2) is 5.13 Å². The van der Waals surface area contributed by atoms with Crippen LogP contribution in [0.5, 0.6) is 0 Å². The highest BCUT2D eigenvalue weighted by Crippen LogP contribution is 2.29. The number of halogens is 1. The number of aryl methyl sites for hydroxylation is 3. The Bertz CT molecular complexity index is 780. The number of benzene rings is 2. The number of hydrogen-bond donors (Lipinski definition) is 1.